The highest BCUT2D eigenvalue weighted by Gasteiger charge is 2.15. The van der Waals surface area contributed by atoms with E-state index in [9.17, 15) is 9.59 Å². The summed E-state index contributed by atoms with van der Waals surface area (Å²) in [4.78, 5) is 29.8. The van der Waals surface area contributed by atoms with Crippen LogP contribution in [0.1, 0.15) is 5.69 Å². The molecule has 0 fully saturated rings. The Hall–Kier alpha value is -3.61. The number of hydrogen-bond donors (Lipinski definition) is 1. The van der Waals surface area contributed by atoms with Gasteiger partial charge in [0.2, 0.25) is 5.69 Å². The van der Waals surface area contributed by atoms with E-state index in [0.29, 0.717) is 5.75 Å². The van der Waals surface area contributed by atoms with Gasteiger partial charge in [-0.05, 0) is 24.3 Å². The summed E-state index contributed by atoms with van der Waals surface area (Å²) in [6.45, 7) is 0. The highest BCUT2D eigenvalue weighted by atomic mass is 35.5. The number of benzene rings is 2. The number of nitrogens with one attached hydrogen (secondary N) is 1. The number of rotatable bonds is 3. The lowest BCUT2D eigenvalue weighted by Gasteiger charge is -2.12. The van der Waals surface area contributed by atoms with Crippen molar-refractivity contribution in [2.75, 3.05) is 0 Å². The number of nitrogens with zero attached hydrogens (tertiary/aromatic N) is 5. The van der Waals surface area contributed by atoms with Crippen LogP contribution in [0, 0.1) is 11.3 Å². The summed E-state index contributed by atoms with van der Waals surface area (Å²) in [7, 11) is 1.88. The van der Waals surface area contributed by atoms with Crippen LogP contribution in [0.4, 0.5) is 0 Å². The fraction of sp³-hybridized carbons (Fsp3) is 0.0556. The van der Waals surface area contributed by atoms with Crippen LogP contribution in [-0.4, -0.2) is 24.3 Å². The molecule has 0 saturated heterocycles. The molecule has 4 rings (SSSR count). The normalized spacial score (nSPS) is 10.8. The Labute approximate surface area is 172 Å². The maximum atomic E-state index is 12.0. The SMILES string of the molecule is Cn1cnc2cc(Oc3c(Cl)cc(-n4nc(C#N)c(=O)[nH]c4=O)cc3Cl)ccc21. The van der Waals surface area contributed by atoms with Crippen molar-refractivity contribution in [1.29, 1.82) is 5.26 Å². The van der Waals surface area contributed by atoms with Gasteiger partial charge in [0.15, 0.2) is 5.75 Å². The molecular weight excluding hydrogens is 419 g/mol. The molecule has 0 aliphatic carbocycles. The predicted octanol–water partition coefficient (Wildman–Crippen LogP) is 2.78. The summed E-state index contributed by atoms with van der Waals surface area (Å²) in [5.74, 6) is 0.643. The van der Waals surface area contributed by atoms with Gasteiger partial charge in [-0.15, -0.1) is 5.10 Å². The van der Waals surface area contributed by atoms with Crippen molar-refractivity contribution in [1.82, 2.24) is 24.3 Å². The topological polar surface area (TPSA) is 119 Å². The molecule has 144 valence electrons. The van der Waals surface area contributed by atoms with Crippen molar-refractivity contribution < 1.29 is 4.74 Å². The second-order valence-electron chi connectivity index (χ2n) is 5.98. The lowest BCUT2D eigenvalue weighted by Crippen LogP contribution is -2.33. The molecule has 0 spiro atoms. The highest BCUT2D eigenvalue weighted by molar-refractivity contribution is 6.37. The number of aromatic amines is 1. The first-order valence-electron chi connectivity index (χ1n) is 8.09. The van der Waals surface area contributed by atoms with Gasteiger partial charge in [-0.25, -0.2) is 9.78 Å². The molecule has 9 nitrogen and oxygen atoms in total. The van der Waals surface area contributed by atoms with Crippen LogP contribution in [0.3, 0.4) is 0 Å². The van der Waals surface area contributed by atoms with Crippen LogP contribution >= 0.6 is 23.2 Å². The summed E-state index contributed by atoms with van der Waals surface area (Å²) >= 11 is 12.6. The fourth-order valence-electron chi connectivity index (χ4n) is 2.71. The molecule has 0 unspecified atom stereocenters. The van der Waals surface area contributed by atoms with E-state index < -0.39 is 16.9 Å². The number of H-pyrrole nitrogens is 1. The number of nitriles is 1. The highest BCUT2D eigenvalue weighted by Crippen LogP contribution is 2.38. The lowest BCUT2D eigenvalue weighted by atomic mass is 10.2. The Bertz CT molecular complexity index is 1410. The zero-order valence-corrected chi connectivity index (χ0v) is 16.2. The van der Waals surface area contributed by atoms with E-state index in [1.807, 2.05) is 22.7 Å². The Balaban J connectivity index is 1.75. The minimum atomic E-state index is -0.879. The van der Waals surface area contributed by atoms with E-state index in [1.165, 1.54) is 12.1 Å². The number of halogens is 2. The average Bonchev–Trinajstić information content (AvgIpc) is 3.05. The zero-order valence-electron chi connectivity index (χ0n) is 14.7. The van der Waals surface area contributed by atoms with Crippen LogP contribution in [0.5, 0.6) is 11.5 Å². The lowest BCUT2D eigenvalue weighted by molar-refractivity contribution is 0.483. The summed E-state index contributed by atoms with van der Waals surface area (Å²) in [5, 5.41) is 12.9. The molecule has 2 aromatic heterocycles. The third kappa shape index (κ3) is 3.35. The maximum absolute atomic E-state index is 12.0. The quantitative estimate of drug-likeness (QED) is 0.535. The molecular formula is C18H10Cl2N6O3. The van der Waals surface area contributed by atoms with Crippen molar-refractivity contribution >= 4 is 34.2 Å². The molecule has 11 heteroatoms. The molecule has 2 heterocycles. The second-order valence-corrected chi connectivity index (χ2v) is 6.79. The first-order valence-corrected chi connectivity index (χ1v) is 8.85. The molecule has 29 heavy (non-hydrogen) atoms. The van der Waals surface area contributed by atoms with E-state index in [-0.39, 0.29) is 21.5 Å². The fourth-order valence-corrected chi connectivity index (χ4v) is 3.26. The molecule has 4 aromatic rings. The van der Waals surface area contributed by atoms with E-state index in [1.54, 1.807) is 24.5 Å². The average molecular weight is 429 g/mol. The third-order valence-electron chi connectivity index (χ3n) is 4.08. The second kappa shape index (κ2) is 7.09. The van der Waals surface area contributed by atoms with E-state index >= 15 is 0 Å². The van der Waals surface area contributed by atoms with Crippen molar-refractivity contribution in [2.24, 2.45) is 7.05 Å². The third-order valence-corrected chi connectivity index (χ3v) is 4.64. The number of imidazole rings is 1. The van der Waals surface area contributed by atoms with Crippen molar-refractivity contribution in [3.63, 3.8) is 0 Å². The molecule has 0 radical (unpaired) electrons. The minimum Gasteiger partial charge on any atom is -0.454 e. The number of ether oxygens (including phenoxy) is 1. The van der Waals surface area contributed by atoms with E-state index in [2.05, 4.69) is 10.1 Å². The van der Waals surface area contributed by atoms with Crippen LogP contribution in [0.2, 0.25) is 10.0 Å². The number of aryl methyl sites for hydroxylation is 1. The van der Waals surface area contributed by atoms with Gasteiger partial charge in [0.05, 0.1) is 33.1 Å². The van der Waals surface area contributed by atoms with Crippen molar-refractivity contribution in [2.45, 2.75) is 0 Å². The van der Waals surface area contributed by atoms with Crippen LogP contribution in [0.25, 0.3) is 16.7 Å². The molecule has 0 bridgehead atoms. The Morgan fingerprint density at radius 2 is 1.90 bits per heavy atom. The minimum absolute atomic E-state index is 0.104. The number of fused-ring (bicyclic) bond motifs is 1. The summed E-state index contributed by atoms with van der Waals surface area (Å²) in [6.07, 6.45) is 1.69. The first kappa shape index (κ1) is 18.7. The number of hydrogen-bond acceptors (Lipinski definition) is 6. The van der Waals surface area contributed by atoms with Gasteiger partial charge >= 0.3 is 5.69 Å². The Morgan fingerprint density at radius 3 is 2.59 bits per heavy atom. The molecule has 0 atom stereocenters. The van der Waals surface area contributed by atoms with Crippen LogP contribution < -0.4 is 16.0 Å². The Kier molecular flexibility index (Phi) is 4.58. The first-order chi connectivity index (χ1) is 13.9. The molecule has 1 N–H and O–H groups in total. The van der Waals surface area contributed by atoms with Crippen LogP contribution in [0.15, 0.2) is 46.2 Å². The molecule has 0 amide bonds. The molecule has 0 saturated carbocycles. The van der Waals surface area contributed by atoms with Crippen LogP contribution in [-0.2, 0) is 7.05 Å². The summed E-state index contributed by atoms with van der Waals surface area (Å²) in [5.41, 5.74) is -0.360. The summed E-state index contributed by atoms with van der Waals surface area (Å²) in [6, 6.07) is 9.71. The standard InChI is InChI=1S/C18H10Cl2N6O3/c1-25-8-22-13-6-10(2-3-15(13)25)29-16-11(19)4-9(5-12(16)20)26-18(28)23-17(27)14(7-21)24-26/h2-6,8H,1H3,(H,23,27,28). The predicted molar refractivity (Wildman–Crippen MR) is 106 cm³/mol. The summed E-state index contributed by atoms with van der Waals surface area (Å²) < 4.78 is 8.51. The van der Waals surface area contributed by atoms with E-state index in [4.69, 9.17) is 33.2 Å². The maximum Gasteiger partial charge on any atom is 0.349 e. The molecule has 0 aliphatic rings. The monoisotopic (exact) mass is 428 g/mol. The van der Waals surface area contributed by atoms with Gasteiger partial charge in [-0.2, -0.15) is 9.94 Å². The van der Waals surface area contributed by atoms with E-state index in [0.717, 1.165) is 15.7 Å². The number of aromatic nitrogens is 5. The van der Waals surface area contributed by atoms with Gasteiger partial charge < -0.3 is 9.30 Å². The molecule has 0 aliphatic heterocycles. The van der Waals surface area contributed by atoms with Gasteiger partial charge in [-0.3, -0.25) is 9.78 Å². The van der Waals surface area contributed by atoms with Gasteiger partial charge in [0, 0.05) is 13.1 Å². The largest absolute Gasteiger partial charge is 0.454 e. The van der Waals surface area contributed by atoms with Gasteiger partial charge in [-0.1, -0.05) is 23.2 Å². The smallest absolute Gasteiger partial charge is 0.349 e. The van der Waals surface area contributed by atoms with Gasteiger partial charge in [0.1, 0.15) is 11.8 Å². The van der Waals surface area contributed by atoms with Crippen molar-refractivity contribution in [3.8, 4) is 23.3 Å². The van der Waals surface area contributed by atoms with Crippen molar-refractivity contribution in [3.05, 3.63) is 73.2 Å². The Morgan fingerprint density at radius 1 is 1.17 bits per heavy atom. The molecule has 2 aromatic carbocycles. The van der Waals surface area contributed by atoms with Gasteiger partial charge in [0.25, 0.3) is 5.56 Å². The zero-order chi connectivity index (χ0) is 20.7.